The van der Waals surface area contributed by atoms with E-state index >= 15 is 0 Å². The van der Waals surface area contributed by atoms with Crippen molar-refractivity contribution >= 4 is 39.8 Å². The molecule has 106 valence electrons. The number of nitrogens with zero attached hydrogens (tertiary/aromatic N) is 1. The summed E-state index contributed by atoms with van der Waals surface area (Å²) in [7, 11) is -1.10. The maximum atomic E-state index is 11.3. The van der Waals surface area contributed by atoms with Gasteiger partial charge in [-0.1, -0.05) is 12.8 Å². The second-order valence-corrected chi connectivity index (χ2v) is 7.20. The highest BCUT2D eigenvalue weighted by Gasteiger charge is 2.28. The third kappa shape index (κ3) is 5.29. The van der Waals surface area contributed by atoms with E-state index in [4.69, 9.17) is 0 Å². The molecule has 1 aliphatic carbocycles. The summed E-state index contributed by atoms with van der Waals surface area (Å²) in [5, 5.41) is 6.41. The molecule has 5 nitrogen and oxygen atoms in total. The van der Waals surface area contributed by atoms with Crippen molar-refractivity contribution in [1.29, 1.82) is 0 Å². The van der Waals surface area contributed by atoms with Crippen LogP contribution in [0.2, 0.25) is 0 Å². The van der Waals surface area contributed by atoms with Gasteiger partial charge in [0.15, 0.2) is 15.8 Å². The van der Waals surface area contributed by atoms with Gasteiger partial charge < -0.3 is 10.6 Å². The maximum absolute atomic E-state index is 11.3. The van der Waals surface area contributed by atoms with E-state index in [-0.39, 0.29) is 35.8 Å². The molecule has 2 aliphatic rings. The van der Waals surface area contributed by atoms with Gasteiger partial charge in [0, 0.05) is 19.6 Å². The van der Waals surface area contributed by atoms with Gasteiger partial charge in [0.1, 0.15) is 0 Å². The van der Waals surface area contributed by atoms with Crippen LogP contribution >= 0.6 is 24.0 Å². The minimum atomic E-state index is -2.82. The molecule has 1 atom stereocenters. The summed E-state index contributed by atoms with van der Waals surface area (Å²) in [6.45, 7) is 0.920. The number of guanidine groups is 1. The molecule has 1 saturated heterocycles. The summed E-state index contributed by atoms with van der Waals surface area (Å²) in [4.78, 5) is 4.12. The summed E-state index contributed by atoms with van der Waals surface area (Å²) >= 11 is 0. The van der Waals surface area contributed by atoms with Crippen LogP contribution in [0.25, 0.3) is 0 Å². The molecule has 0 bridgehead atoms. The molecule has 1 aliphatic heterocycles. The molecule has 0 amide bonds. The van der Waals surface area contributed by atoms with Crippen LogP contribution in [-0.2, 0) is 9.84 Å². The minimum Gasteiger partial charge on any atom is -0.356 e. The lowest BCUT2D eigenvalue weighted by Crippen LogP contribution is -2.44. The lowest BCUT2D eigenvalue weighted by atomic mass is 10.2. The normalized spacial score (nSPS) is 26.5. The zero-order chi connectivity index (χ0) is 12.3. The second kappa shape index (κ2) is 6.93. The maximum Gasteiger partial charge on any atom is 0.191 e. The summed E-state index contributed by atoms with van der Waals surface area (Å²) in [5.41, 5.74) is 0. The Bertz CT molecular complexity index is 393. The number of sulfone groups is 1. The standard InChI is InChI=1S/C11H21N3O2S.HI/c1-12-11(13-6-4-9-2-3-9)14-10-5-7-17(15,16)8-10;/h9-10H,2-8H2,1H3,(H2,12,13,14);1H. The van der Waals surface area contributed by atoms with Gasteiger partial charge in [0.2, 0.25) is 0 Å². The topological polar surface area (TPSA) is 70.6 Å². The van der Waals surface area contributed by atoms with Gasteiger partial charge in [-0.2, -0.15) is 0 Å². The quantitative estimate of drug-likeness (QED) is 0.425. The first kappa shape index (κ1) is 16.0. The van der Waals surface area contributed by atoms with Gasteiger partial charge in [0.05, 0.1) is 11.5 Å². The Hall–Kier alpha value is -0.0500. The van der Waals surface area contributed by atoms with Crippen LogP contribution in [0.15, 0.2) is 4.99 Å². The van der Waals surface area contributed by atoms with Crippen LogP contribution in [0.1, 0.15) is 25.7 Å². The highest BCUT2D eigenvalue weighted by atomic mass is 127. The fraction of sp³-hybridized carbons (Fsp3) is 0.909. The predicted octanol–water partition coefficient (Wildman–Crippen LogP) is 0.757. The van der Waals surface area contributed by atoms with Crippen molar-refractivity contribution in [2.24, 2.45) is 10.9 Å². The third-order valence-corrected chi connectivity index (χ3v) is 5.11. The summed E-state index contributed by atoms with van der Waals surface area (Å²) in [5.74, 6) is 2.15. The molecule has 7 heteroatoms. The molecule has 0 spiro atoms. The van der Waals surface area contributed by atoms with E-state index in [0.717, 1.165) is 18.4 Å². The van der Waals surface area contributed by atoms with Crippen LogP contribution < -0.4 is 10.6 Å². The minimum absolute atomic E-state index is 0. The SMILES string of the molecule is CN=C(NCCC1CC1)NC1CCS(=O)(=O)C1.I. The molecule has 2 N–H and O–H groups in total. The van der Waals surface area contributed by atoms with Gasteiger partial charge >= 0.3 is 0 Å². The van der Waals surface area contributed by atoms with Crippen molar-refractivity contribution in [1.82, 2.24) is 10.6 Å². The smallest absolute Gasteiger partial charge is 0.191 e. The van der Waals surface area contributed by atoms with Crippen molar-refractivity contribution in [3.63, 3.8) is 0 Å². The van der Waals surface area contributed by atoms with E-state index in [1.54, 1.807) is 7.05 Å². The fourth-order valence-electron chi connectivity index (χ4n) is 2.10. The van der Waals surface area contributed by atoms with Crippen molar-refractivity contribution < 1.29 is 8.42 Å². The first-order valence-electron chi connectivity index (χ1n) is 6.26. The van der Waals surface area contributed by atoms with E-state index in [2.05, 4.69) is 15.6 Å². The average molecular weight is 387 g/mol. The van der Waals surface area contributed by atoms with E-state index in [9.17, 15) is 8.42 Å². The molecule has 0 aromatic rings. The zero-order valence-electron chi connectivity index (χ0n) is 10.7. The van der Waals surface area contributed by atoms with E-state index in [1.165, 1.54) is 19.3 Å². The van der Waals surface area contributed by atoms with Crippen molar-refractivity contribution in [3.05, 3.63) is 0 Å². The Morgan fingerprint density at radius 2 is 2.06 bits per heavy atom. The highest BCUT2D eigenvalue weighted by molar-refractivity contribution is 14.0. The van der Waals surface area contributed by atoms with Crippen LogP contribution in [0, 0.1) is 5.92 Å². The molecule has 1 unspecified atom stereocenters. The zero-order valence-corrected chi connectivity index (χ0v) is 13.8. The number of aliphatic imine (C=N–C) groups is 1. The van der Waals surface area contributed by atoms with Crippen LogP contribution in [-0.4, -0.2) is 45.5 Å². The summed E-state index contributed by atoms with van der Waals surface area (Å²) in [6.07, 6.45) is 4.58. The number of hydrogen-bond acceptors (Lipinski definition) is 3. The first-order chi connectivity index (χ1) is 8.09. The fourth-order valence-corrected chi connectivity index (χ4v) is 3.77. The molecule has 0 aromatic heterocycles. The van der Waals surface area contributed by atoms with Gasteiger partial charge in [0.25, 0.3) is 0 Å². The van der Waals surface area contributed by atoms with Gasteiger partial charge in [-0.05, 0) is 18.8 Å². The van der Waals surface area contributed by atoms with Crippen molar-refractivity contribution in [2.45, 2.75) is 31.7 Å². The number of hydrogen-bond donors (Lipinski definition) is 2. The van der Waals surface area contributed by atoms with Gasteiger partial charge in [-0.25, -0.2) is 8.42 Å². The van der Waals surface area contributed by atoms with E-state index < -0.39 is 9.84 Å². The Kier molecular flexibility index (Phi) is 6.16. The third-order valence-electron chi connectivity index (χ3n) is 3.34. The lowest BCUT2D eigenvalue weighted by Gasteiger charge is -2.15. The van der Waals surface area contributed by atoms with Crippen LogP contribution in [0.5, 0.6) is 0 Å². The Balaban J connectivity index is 0.00000162. The largest absolute Gasteiger partial charge is 0.356 e. The Morgan fingerprint density at radius 1 is 1.33 bits per heavy atom. The molecule has 2 fully saturated rings. The van der Waals surface area contributed by atoms with Gasteiger partial charge in [-0.3, -0.25) is 4.99 Å². The summed E-state index contributed by atoms with van der Waals surface area (Å²) in [6, 6.07) is 0.0205. The second-order valence-electron chi connectivity index (χ2n) is 4.98. The predicted molar refractivity (Wildman–Crippen MR) is 84.3 cm³/mol. The lowest BCUT2D eigenvalue weighted by molar-refractivity contribution is 0.599. The number of halogens is 1. The molecule has 18 heavy (non-hydrogen) atoms. The Morgan fingerprint density at radius 3 is 2.56 bits per heavy atom. The Labute approximate surface area is 126 Å². The molecule has 0 radical (unpaired) electrons. The molecule has 1 saturated carbocycles. The molecule has 2 rings (SSSR count). The molecular formula is C11H22IN3O2S. The summed E-state index contributed by atoms with van der Waals surface area (Å²) < 4.78 is 22.6. The van der Waals surface area contributed by atoms with Crippen LogP contribution in [0.4, 0.5) is 0 Å². The average Bonchev–Trinajstić information content (AvgIpc) is 3.02. The van der Waals surface area contributed by atoms with Gasteiger partial charge in [-0.15, -0.1) is 24.0 Å². The first-order valence-corrected chi connectivity index (χ1v) is 8.09. The van der Waals surface area contributed by atoms with E-state index in [0.29, 0.717) is 12.2 Å². The molecule has 1 heterocycles. The van der Waals surface area contributed by atoms with E-state index in [1.807, 2.05) is 0 Å². The van der Waals surface area contributed by atoms with Crippen molar-refractivity contribution in [2.75, 3.05) is 25.1 Å². The monoisotopic (exact) mass is 387 g/mol. The number of rotatable bonds is 4. The highest BCUT2D eigenvalue weighted by Crippen LogP contribution is 2.31. The van der Waals surface area contributed by atoms with Crippen LogP contribution in [0.3, 0.4) is 0 Å². The molecule has 0 aromatic carbocycles. The van der Waals surface area contributed by atoms with Crippen molar-refractivity contribution in [3.8, 4) is 0 Å². The molecular weight excluding hydrogens is 365 g/mol. The number of nitrogens with one attached hydrogen (secondary N) is 2.